The molecule has 12 nitrogen and oxygen atoms in total. The maximum atomic E-state index is 13.2. The van der Waals surface area contributed by atoms with Crippen molar-refractivity contribution in [2.45, 2.75) is 38.8 Å². The van der Waals surface area contributed by atoms with E-state index in [-0.39, 0.29) is 18.0 Å². The van der Waals surface area contributed by atoms with Gasteiger partial charge in [0.15, 0.2) is 5.82 Å². The van der Waals surface area contributed by atoms with Crippen molar-refractivity contribution in [3.05, 3.63) is 47.6 Å². The number of anilines is 2. The van der Waals surface area contributed by atoms with Gasteiger partial charge in [0.1, 0.15) is 16.8 Å². The Morgan fingerprint density at radius 2 is 2.03 bits per heavy atom. The molecule has 3 N–H and O–H groups in total. The Morgan fingerprint density at radius 3 is 2.73 bits per heavy atom. The molecule has 1 aliphatic rings. The van der Waals surface area contributed by atoms with Gasteiger partial charge in [-0.05, 0) is 32.8 Å². The van der Waals surface area contributed by atoms with Crippen LogP contribution in [0.5, 0.6) is 0 Å². The number of carbonyl (C=O) groups is 1. The van der Waals surface area contributed by atoms with Crippen LogP contribution in [0.1, 0.15) is 43.1 Å². The molecule has 14 heteroatoms. The third-order valence-electron chi connectivity index (χ3n) is 6.02. The van der Waals surface area contributed by atoms with Crippen LogP contribution in [-0.2, 0) is 16.0 Å². The number of halogens is 1. The van der Waals surface area contributed by atoms with Crippen molar-refractivity contribution in [1.82, 2.24) is 34.0 Å². The molecule has 0 bridgehead atoms. The fourth-order valence-electron chi connectivity index (χ4n) is 4.27. The van der Waals surface area contributed by atoms with E-state index in [2.05, 4.69) is 30.7 Å². The van der Waals surface area contributed by atoms with Crippen molar-refractivity contribution in [2.75, 3.05) is 18.5 Å². The Bertz CT molecular complexity index is 1480. The number of nitrogens with one attached hydrogen (secondary N) is 2. The third kappa shape index (κ3) is 5.21. The van der Waals surface area contributed by atoms with Gasteiger partial charge >= 0.3 is 0 Å². The molecular weight excluding hydrogens is 520 g/mol. The molecule has 1 aliphatic heterocycles. The normalized spacial score (nSPS) is 15.3. The lowest BCUT2D eigenvalue weighted by Gasteiger charge is -2.23. The summed E-state index contributed by atoms with van der Waals surface area (Å²) in [6.07, 6.45) is 7.50. The van der Waals surface area contributed by atoms with E-state index in [0.717, 1.165) is 22.4 Å². The monoisotopic (exact) mass is 544 g/mol. The summed E-state index contributed by atoms with van der Waals surface area (Å²) < 4.78 is 28.6. The predicted octanol–water partition coefficient (Wildman–Crippen LogP) is 3.56. The smallest absolute Gasteiger partial charge is 0.282 e. The molecule has 194 valence electrons. The highest BCUT2D eigenvalue weighted by molar-refractivity contribution is 7.77. The Kier molecular flexibility index (Phi) is 7.20. The molecule has 5 heterocycles. The number of amides is 1. The summed E-state index contributed by atoms with van der Waals surface area (Å²) in [6, 6.07) is 3.53. The molecule has 1 fully saturated rings. The van der Waals surface area contributed by atoms with Gasteiger partial charge in [0.25, 0.3) is 17.2 Å². The minimum Gasteiger partial charge on any atom is -0.381 e. The van der Waals surface area contributed by atoms with Gasteiger partial charge in [-0.1, -0.05) is 11.6 Å². The molecule has 1 amide bonds. The van der Waals surface area contributed by atoms with Gasteiger partial charge in [-0.25, -0.2) is 19.2 Å². The Morgan fingerprint density at radius 1 is 1.24 bits per heavy atom. The highest BCUT2D eigenvalue weighted by Crippen LogP contribution is 2.34. The number of aromatic nitrogens is 6. The summed E-state index contributed by atoms with van der Waals surface area (Å²) in [4.78, 5) is 26.4. The molecule has 5 rings (SSSR count). The second kappa shape index (κ2) is 10.5. The third-order valence-corrected chi connectivity index (χ3v) is 6.91. The zero-order chi connectivity index (χ0) is 26.1. The number of hydrogen-bond acceptors (Lipinski definition) is 8. The van der Waals surface area contributed by atoms with E-state index in [9.17, 15) is 13.6 Å². The first kappa shape index (κ1) is 25.3. The summed E-state index contributed by atoms with van der Waals surface area (Å²) in [7, 11) is 0. The molecule has 0 saturated carbocycles. The maximum Gasteiger partial charge on any atom is 0.282 e. The minimum absolute atomic E-state index is 0.00542. The molecule has 1 atom stereocenters. The molecule has 4 aromatic rings. The lowest BCUT2D eigenvalue weighted by atomic mass is 10.1. The van der Waals surface area contributed by atoms with Gasteiger partial charge in [-0.3, -0.25) is 9.35 Å². The van der Waals surface area contributed by atoms with E-state index >= 15 is 0 Å². The van der Waals surface area contributed by atoms with Gasteiger partial charge in [0.05, 0.1) is 29.0 Å². The predicted molar refractivity (Wildman–Crippen MR) is 139 cm³/mol. The maximum absolute atomic E-state index is 13.2. The number of carbonyl (C=O) groups excluding carboxylic acids is 1. The molecule has 37 heavy (non-hydrogen) atoms. The number of hydrogen-bond donors (Lipinski definition) is 3. The van der Waals surface area contributed by atoms with Crippen molar-refractivity contribution in [2.24, 2.45) is 0 Å². The van der Waals surface area contributed by atoms with Gasteiger partial charge in [-0.15, -0.1) is 0 Å². The number of rotatable bonds is 7. The second-order valence-corrected chi connectivity index (χ2v) is 10.0. The van der Waals surface area contributed by atoms with Crippen molar-refractivity contribution < 1.29 is 18.3 Å². The van der Waals surface area contributed by atoms with E-state index in [0.29, 0.717) is 52.3 Å². The standard InChI is InChI=1S/C23H25ClN8O4S/c1-13(2)32-17-9-19(29-18-3-6-25-22(30-18)14-10-27-31(12-14)37(34)35)26-11-16(17)20(21(32)24)23(33)28-15-4-7-36-8-5-15/h3,6,9-13,15H,4-5,7-8H2,1-2H3,(H,28,33)(H,34,35)(H,25,26,29,30). The second-order valence-electron chi connectivity index (χ2n) is 8.83. The fourth-order valence-corrected chi connectivity index (χ4v) is 5.07. The quantitative estimate of drug-likeness (QED) is 0.297. The molecule has 0 radical (unpaired) electrons. The van der Waals surface area contributed by atoms with E-state index in [1.807, 2.05) is 24.5 Å². The molecule has 4 aromatic heterocycles. The first-order valence-corrected chi connectivity index (χ1v) is 13.1. The van der Waals surface area contributed by atoms with Crippen LogP contribution in [0.25, 0.3) is 22.3 Å². The Hall–Kier alpha value is -3.39. The van der Waals surface area contributed by atoms with Gasteiger partial charge in [0.2, 0.25) is 0 Å². The van der Waals surface area contributed by atoms with Gasteiger partial charge in [0, 0.05) is 49.1 Å². The Labute approximate surface area is 219 Å². The highest BCUT2D eigenvalue weighted by Gasteiger charge is 2.26. The minimum atomic E-state index is -2.27. The van der Waals surface area contributed by atoms with Crippen LogP contribution in [0.15, 0.2) is 36.9 Å². The number of pyridine rings is 1. The molecule has 0 aromatic carbocycles. The Balaban J connectivity index is 1.45. The fraction of sp³-hybridized carbons (Fsp3) is 0.348. The topological polar surface area (TPSA) is 149 Å². The van der Waals surface area contributed by atoms with E-state index < -0.39 is 11.3 Å². The van der Waals surface area contributed by atoms with Crippen LogP contribution < -0.4 is 10.6 Å². The van der Waals surface area contributed by atoms with Crippen molar-refractivity contribution in [1.29, 1.82) is 0 Å². The van der Waals surface area contributed by atoms with E-state index in [4.69, 9.17) is 16.3 Å². The average Bonchev–Trinajstić information content (AvgIpc) is 3.47. The van der Waals surface area contributed by atoms with Crippen molar-refractivity contribution in [3.63, 3.8) is 0 Å². The number of ether oxygens (including phenoxy) is 1. The van der Waals surface area contributed by atoms with Gasteiger partial charge in [-0.2, -0.15) is 9.19 Å². The summed E-state index contributed by atoms with van der Waals surface area (Å²) in [5.41, 5.74) is 1.64. The average molecular weight is 545 g/mol. The van der Waals surface area contributed by atoms with Crippen LogP contribution >= 0.6 is 11.6 Å². The van der Waals surface area contributed by atoms with Crippen molar-refractivity contribution in [3.8, 4) is 11.4 Å². The summed E-state index contributed by atoms with van der Waals surface area (Å²) in [5.74, 6) is 1.05. The molecule has 0 aliphatic carbocycles. The first-order valence-electron chi connectivity index (χ1n) is 11.7. The molecule has 1 unspecified atom stereocenters. The van der Waals surface area contributed by atoms with E-state index in [1.165, 1.54) is 12.4 Å². The molecule has 0 spiro atoms. The largest absolute Gasteiger partial charge is 0.381 e. The van der Waals surface area contributed by atoms with Crippen LogP contribution in [0.3, 0.4) is 0 Å². The lowest BCUT2D eigenvalue weighted by Crippen LogP contribution is -2.39. The van der Waals surface area contributed by atoms with Crippen LogP contribution in [0.2, 0.25) is 5.15 Å². The SMILES string of the molecule is CC(C)n1c(Cl)c(C(=O)NC2CCOCC2)c2cnc(Nc3ccnc(-c4cnn(S(=O)O)c4)n3)cc21. The van der Waals surface area contributed by atoms with Crippen LogP contribution in [0.4, 0.5) is 11.6 Å². The number of nitrogens with zero attached hydrogens (tertiary/aromatic N) is 6. The first-order chi connectivity index (χ1) is 17.8. The summed E-state index contributed by atoms with van der Waals surface area (Å²) in [5, 5.41) is 11.1. The zero-order valence-corrected chi connectivity index (χ0v) is 21.7. The number of fused-ring (bicyclic) bond motifs is 1. The summed E-state index contributed by atoms with van der Waals surface area (Å²) in [6.45, 7) is 5.23. The molecular formula is C23H25ClN8O4S. The summed E-state index contributed by atoms with van der Waals surface area (Å²) >= 11 is 4.48. The molecule has 1 saturated heterocycles. The zero-order valence-electron chi connectivity index (χ0n) is 20.1. The van der Waals surface area contributed by atoms with Crippen LogP contribution in [-0.4, -0.2) is 62.6 Å². The highest BCUT2D eigenvalue weighted by atomic mass is 35.5. The van der Waals surface area contributed by atoms with Gasteiger partial charge < -0.3 is 19.9 Å². The van der Waals surface area contributed by atoms with Crippen molar-refractivity contribution >= 4 is 51.3 Å². The van der Waals surface area contributed by atoms with E-state index in [1.54, 1.807) is 18.5 Å². The van der Waals surface area contributed by atoms with Crippen LogP contribution in [0, 0.1) is 0 Å². The lowest BCUT2D eigenvalue weighted by molar-refractivity contribution is 0.0697.